The van der Waals surface area contributed by atoms with E-state index in [-0.39, 0.29) is 23.3 Å². The monoisotopic (exact) mass is 504 g/mol. The number of nitrogens with one attached hydrogen (secondary N) is 1. The van der Waals surface area contributed by atoms with Crippen LogP contribution in [-0.4, -0.2) is 82.0 Å². The fraction of sp³-hybridized carbons (Fsp3) is 0.360. The van der Waals surface area contributed by atoms with Gasteiger partial charge in [-0.25, -0.2) is 9.20 Å². The zero-order valence-corrected chi connectivity index (χ0v) is 20.8. The molecule has 37 heavy (non-hydrogen) atoms. The highest BCUT2D eigenvalue weighted by Crippen LogP contribution is 2.33. The Morgan fingerprint density at radius 1 is 1.46 bits per heavy atom. The lowest BCUT2D eigenvalue weighted by atomic mass is 10.1. The van der Waals surface area contributed by atoms with Crippen molar-refractivity contribution in [2.24, 2.45) is 5.73 Å². The molecule has 1 aliphatic rings. The van der Waals surface area contributed by atoms with Crippen molar-refractivity contribution in [1.82, 2.24) is 24.3 Å². The number of rotatable bonds is 8. The summed E-state index contributed by atoms with van der Waals surface area (Å²) < 4.78 is 14.0. The predicted octanol–water partition coefficient (Wildman–Crippen LogP) is 0.718. The summed E-state index contributed by atoms with van der Waals surface area (Å²) >= 11 is 0. The van der Waals surface area contributed by atoms with Gasteiger partial charge in [0.15, 0.2) is 5.69 Å². The third kappa shape index (κ3) is 4.73. The van der Waals surface area contributed by atoms with Crippen LogP contribution in [0.4, 0.5) is 5.82 Å². The summed E-state index contributed by atoms with van der Waals surface area (Å²) in [6.07, 6.45) is 4.35. The molecule has 4 heterocycles. The average Bonchev–Trinajstić information content (AvgIpc) is 3.61. The number of hydrogen-bond acceptors (Lipinski definition) is 9. The first kappa shape index (κ1) is 25.7. The van der Waals surface area contributed by atoms with Gasteiger partial charge in [0.25, 0.3) is 5.91 Å². The number of carbonyl (C=O) groups is 1. The van der Waals surface area contributed by atoms with E-state index in [1.165, 1.54) is 23.9 Å². The molecule has 3 atom stereocenters. The lowest BCUT2D eigenvalue weighted by Crippen LogP contribution is -2.40. The van der Waals surface area contributed by atoms with E-state index in [9.17, 15) is 15.2 Å². The number of pyridine rings is 1. The SMILES string of the molecule is C=CC(O)N1C[C@@H](n2nc(C#Cc3cc(OC)c4c(C#N)cnn4c3)c(C(N)=O)c2NC)C[C@@H]1COC. The Bertz CT molecular complexity index is 1440. The summed E-state index contributed by atoms with van der Waals surface area (Å²) in [5.41, 5.74) is 7.56. The van der Waals surface area contributed by atoms with Crippen LogP contribution >= 0.6 is 0 Å². The minimum Gasteiger partial charge on any atom is -0.494 e. The molecule has 3 aromatic rings. The number of aromatic nitrogens is 4. The lowest BCUT2D eigenvalue weighted by molar-refractivity contribution is 0.00605. The Kier molecular flexibility index (Phi) is 7.45. The molecule has 4 N–H and O–H groups in total. The standard InChI is InChI=1S/C25H28N8O4/c1-5-21(34)31-13-17(9-18(31)14-36-3)33-25(28-2)22(24(27)35)19(30-33)7-6-15-8-20(37-4)23-16(10-26)11-29-32(23)12-15/h5,8,11-12,17-18,21,28,34H,1,9,13-14H2,2-4H3,(H2,27,35)/t17-,18+,21?/m0/s1. The number of nitrogens with zero attached hydrogens (tertiary/aromatic N) is 6. The molecule has 0 radical (unpaired) electrons. The van der Waals surface area contributed by atoms with Crippen molar-refractivity contribution in [1.29, 1.82) is 5.26 Å². The number of aliphatic hydroxyl groups excluding tert-OH is 1. The highest BCUT2D eigenvalue weighted by Gasteiger charge is 2.38. The van der Waals surface area contributed by atoms with Crippen molar-refractivity contribution in [3.05, 3.63) is 53.5 Å². The smallest absolute Gasteiger partial charge is 0.255 e. The molecule has 1 saturated heterocycles. The fourth-order valence-electron chi connectivity index (χ4n) is 4.69. The van der Waals surface area contributed by atoms with Crippen LogP contribution in [0.5, 0.6) is 5.75 Å². The summed E-state index contributed by atoms with van der Waals surface area (Å²) in [5, 5.41) is 31.6. The van der Waals surface area contributed by atoms with E-state index in [1.54, 1.807) is 31.1 Å². The first-order valence-corrected chi connectivity index (χ1v) is 11.5. The number of fused-ring (bicyclic) bond motifs is 1. The van der Waals surface area contributed by atoms with Gasteiger partial charge in [-0.3, -0.25) is 9.69 Å². The fourth-order valence-corrected chi connectivity index (χ4v) is 4.69. The maximum Gasteiger partial charge on any atom is 0.255 e. The van der Waals surface area contributed by atoms with Gasteiger partial charge in [0.1, 0.15) is 40.5 Å². The van der Waals surface area contributed by atoms with E-state index < -0.39 is 12.1 Å². The zero-order valence-electron chi connectivity index (χ0n) is 20.8. The first-order valence-electron chi connectivity index (χ1n) is 11.5. The van der Waals surface area contributed by atoms with E-state index in [4.69, 9.17) is 15.2 Å². The molecule has 12 nitrogen and oxygen atoms in total. The van der Waals surface area contributed by atoms with Gasteiger partial charge in [0.05, 0.1) is 26.0 Å². The maximum atomic E-state index is 12.5. The summed E-state index contributed by atoms with van der Waals surface area (Å²) in [5.74, 6) is 6.16. The van der Waals surface area contributed by atoms with Crippen LogP contribution < -0.4 is 15.8 Å². The molecule has 0 spiro atoms. The first-order chi connectivity index (χ1) is 17.9. The molecule has 0 saturated carbocycles. The number of ether oxygens (including phenoxy) is 2. The van der Waals surface area contributed by atoms with Crippen molar-refractivity contribution >= 4 is 17.2 Å². The Morgan fingerprint density at radius 2 is 2.24 bits per heavy atom. The topological polar surface area (TPSA) is 156 Å². The molecule has 0 aliphatic carbocycles. The molecular weight excluding hydrogens is 476 g/mol. The second-order valence-corrected chi connectivity index (χ2v) is 8.49. The van der Waals surface area contributed by atoms with Gasteiger partial charge in [-0.05, 0) is 24.5 Å². The van der Waals surface area contributed by atoms with Crippen LogP contribution in [0.15, 0.2) is 31.1 Å². The van der Waals surface area contributed by atoms with Crippen LogP contribution in [-0.2, 0) is 4.74 Å². The highest BCUT2D eigenvalue weighted by molar-refractivity contribution is 6.00. The van der Waals surface area contributed by atoms with Crippen LogP contribution in [0.3, 0.4) is 0 Å². The molecular formula is C25H28N8O4. The number of hydrogen-bond donors (Lipinski definition) is 3. The van der Waals surface area contributed by atoms with Crippen molar-refractivity contribution in [3.8, 4) is 23.7 Å². The molecule has 4 rings (SSSR count). The van der Waals surface area contributed by atoms with Crippen molar-refractivity contribution in [2.45, 2.75) is 24.7 Å². The number of aliphatic hydroxyl groups is 1. The zero-order chi connectivity index (χ0) is 26.7. The molecule has 1 unspecified atom stereocenters. The number of likely N-dealkylation sites (tertiary alicyclic amines) is 1. The van der Waals surface area contributed by atoms with E-state index >= 15 is 0 Å². The second kappa shape index (κ2) is 10.7. The molecule has 12 heteroatoms. The average molecular weight is 505 g/mol. The van der Waals surface area contributed by atoms with Crippen LogP contribution in [0, 0.1) is 23.2 Å². The Hall–Kier alpha value is -4.36. The van der Waals surface area contributed by atoms with Crippen LogP contribution in [0.25, 0.3) is 5.52 Å². The van der Waals surface area contributed by atoms with Gasteiger partial charge in [-0.2, -0.15) is 15.5 Å². The Balaban J connectivity index is 1.75. The van der Waals surface area contributed by atoms with E-state index in [0.717, 1.165) is 0 Å². The van der Waals surface area contributed by atoms with Gasteiger partial charge in [-0.1, -0.05) is 12.5 Å². The predicted molar refractivity (Wildman–Crippen MR) is 135 cm³/mol. The minimum absolute atomic E-state index is 0.0740. The van der Waals surface area contributed by atoms with Gasteiger partial charge < -0.3 is 25.6 Å². The van der Waals surface area contributed by atoms with Gasteiger partial charge in [0, 0.05) is 38.5 Å². The van der Waals surface area contributed by atoms with Gasteiger partial charge >= 0.3 is 0 Å². The largest absolute Gasteiger partial charge is 0.494 e. The Labute approximate surface area is 213 Å². The van der Waals surface area contributed by atoms with E-state index in [0.29, 0.717) is 47.8 Å². The van der Waals surface area contributed by atoms with Gasteiger partial charge in [0.2, 0.25) is 0 Å². The maximum absolute atomic E-state index is 12.5. The molecule has 0 bridgehead atoms. The normalized spacial score (nSPS) is 18.1. The summed E-state index contributed by atoms with van der Waals surface area (Å²) in [6.45, 7) is 4.56. The molecule has 0 aromatic carbocycles. The summed E-state index contributed by atoms with van der Waals surface area (Å²) in [7, 11) is 4.78. The van der Waals surface area contributed by atoms with Crippen molar-refractivity contribution < 1.29 is 19.4 Å². The minimum atomic E-state index is -0.845. The number of primary amides is 1. The third-order valence-corrected chi connectivity index (χ3v) is 6.33. The summed E-state index contributed by atoms with van der Waals surface area (Å²) in [6, 6.07) is 3.51. The quantitative estimate of drug-likeness (QED) is 0.297. The van der Waals surface area contributed by atoms with Crippen molar-refractivity contribution in [2.75, 3.05) is 39.7 Å². The van der Waals surface area contributed by atoms with Crippen molar-refractivity contribution in [3.63, 3.8) is 0 Å². The molecule has 1 amide bonds. The molecule has 3 aromatic heterocycles. The lowest BCUT2D eigenvalue weighted by Gasteiger charge is -2.26. The Morgan fingerprint density at radius 3 is 2.86 bits per heavy atom. The molecule has 1 fully saturated rings. The number of carbonyl (C=O) groups excluding carboxylic acids is 1. The third-order valence-electron chi connectivity index (χ3n) is 6.33. The van der Waals surface area contributed by atoms with Crippen LogP contribution in [0.1, 0.15) is 39.6 Å². The number of amides is 1. The second-order valence-electron chi connectivity index (χ2n) is 8.49. The number of anilines is 1. The molecule has 1 aliphatic heterocycles. The van der Waals surface area contributed by atoms with Crippen LogP contribution in [0.2, 0.25) is 0 Å². The highest BCUT2D eigenvalue weighted by atomic mass is 16.5. The molecule has 192 valence electrons. The van der Waals surface area contributed by atoms with Gasteiger partial charge in [-0.15, -0.1) is 0 Å². The summed E-state index contributed by atoms with van der Waals surface area (Å²) in [4.78, 5) is 14.3. The number of nitriles is 1. The number of nitrogens with two attached hydrogens (primary N) is 1. The van der Waals surface area contributed by atoms with E-state index in [1.807, 2.05) is 4.90 Å². The van der Waals surface area contributed by atoms with E-state index in [2.05, 4.69) is 40.0 Å². The number of methoxy groups -OCH3 is 2.